The number of anilines is 1. The monoisotopic (exact) mass is 388 g/mol. The molecule has 2 heteroatoms. The lowest BCUT2D eigenvalue weighted by molar-refractivity contribution is 0.368. The molecular formula is C28H24N2. The molecule has 146 valence electrons. The molecule has 0 fully saturated rings. The summed E-state index contributed by atoms with van der Waals surface area (Å²) in [6, 6.07) is 13.7. The van der Waals surface area contributed by atoms with Gasteiger partial charge in [0.15, 0.2) is 0 Å². The SMILES string of the molecule is CC12C=CC=C[C@@]1(C)N1C(=C2)c2ccccc2-c2cc3c4c([nH]c3cc21)C=CCC4. The van der Waals surface area contributed by atoms with Crippen molar-refractivity contribution in [2.75, 3.05) is 4.90 Å². The van der Waals surface area contributed by atoms with Crippen LogP contribution in [0.25, 0.3) is 33.8 Å². The molecule has 0 radical (unpaired) electrons. The first-order valence-electron chi connectivity index (χ1n) is 10.9. The molecule has 0 spiro atoms. The Kier molecular flexibility index (Phi) is 2.90. The highest BCUT2D eigenvalue weighted by Gasteiger charge is 2.53. The fourth-order valence-corrected chi connectivity index (χ4v) is 6.02. The molecule has 0 amide bonds. The van der Waals surface area contributed by atoms with E-state index in [0.717, 1.165) is 12.8 Å². The van der Waals surface area contributed by atoms with Gasteiger partial charge in [0.1, 0.15) is 0 Å². The van der Waals surface area contributed by atoms with Crippen LogP contribution in [-0.4, -0.2) is 10.5 Å². The Morgan fingerprint density at radius 3 is 2.70 bits per heavy atom. The summed E-state index contributed by atoms with van der Waals surface area (Å²) in [5.74, 6) is 0. The summed E-state index contributed by atoms with van der Waals surface area (Å²) in [5.41, 5.74) is 10.5. The molecule has 4 aliphatic rings. The molecule has 30 heavy (non-hydrogen) atoms. The Bertz CT molecular complexity index is 1380. The number of nitrogens with one attached hydrogen (secondary N) is 1. The highest BCUT2D eigenvalue weighted by molar-refractivity contribution is 6.07. The lowest BCUT2D eigenvalue weighted by Crippen LogP contribution is -2.50. The van der Waals surface area contributed by atoms with Gasteiger partial charge in [-0.15, -0.1) is 0 Å². The Hall–Kier alpha value is -3.26. The highest BCUT2D eigenvalue weighted by Crippen LogP contribution is 2.59. The molecule has 2 aromatic carbocycles. The number of nitrogens with zero attached hydrogens (tertiary/aromatic N) is 1. The topological polar surface area (TPSA) is 19.0 Å². The van der Waals surface area contributed by atoms with Crippen LogP contribution in [0.4, 0.5) is 5.69 Å². The van der Waals surface area contributed by atoms with Gasteiger partial charge in [-0.1, -0.05) is 54.6 Å². The van der Waals surface area contributed by atoms with E-state index in [2.05, 4.69) is 103 Å². The number of aromatic nitrogens is 1. The summed E-state index contributed by atoms with van der Waals surface area (Å²) in [6.07, 6.45) is 18.4. The molecule has 1 aromatic heterocycles. The lowest BCUT2D eigenvalue weighted by Gasteiger charge is -2.47. The van der Waals surface area contributed by atoms with Crippen LogP contribution in [0.1, 0.15) is 37.1 Å². The summed E-state index contributed by atoms with van der Waals surface area (Å²) >= 11 is 0. The van der Waals surface area contributed by atoms with Gasteiger partial charge in [-0.2, -0.15) is 0 Å². The van der Waals surface area contributed by atoms with E-state index in [0.29, 0.717) is 0 Å². The third kappa shape index (κ3) is 1.81. The Balaban J connectivity index is 1.59. The number of hydrogen-bond acceptors (Lipinski definition) is 1. The standard InChI is InChI=1S/C28H24N2/c1-27-13-7-8-14-28(27,2)30-25-16-24-21(19-10-5-6-12-23(19)29-24)15-22(25)18-9-3-4-11-20(18)26(30)17-27/h3-4,6-9,11-17,29H,5,10H2,1-2H3/t27?,28-/m1/s1. The van der Waals surface area contributed by atoms with Crippen LogP contribution in [0, 0.1) is 5.41 Å². The number of hydrogen-bond donors (Lipinski definition) is 1. The van der Waals surface area contributed by atoms with Crippen molar-refractivity contribution in [2.45, 2.75) is 32.2 Å². The Labute approximate surface area is 176 Å². The maximum atomic E-state index is 3.70. The second-order valence-electron chi connectivity index (χ2n) is 9.43. The zero-order valence-electron chi connectivity index (χ0n) is 17.4. The first-order valence-corrected chi connectivity index (χ1v) is 10.9. The van der Waals surface area contributed by atoms with Gasteiger partial charge >= 0.3 is 0 Å². The van der Waals surface area contributed by atoms with Crippen LogP contribution in [0.2, 0.25) is 0 Å². The van der Waals surface area contributed by atoms with Crippen LogP contribution in [0.5, 0.6) is 0 Å². The van der Waals surface area contributed by atoms with E-state index in [4.69, 9.17) is 0 Å². The zero-order valence-corrected chi connectivity index (χ0v) is 17.4. The summed E-state index contributed by atoms with van der Waals surface area (Å²) in [5, 5.41) is 1.38. The van der Waals surface area contributed by atoms with Gasteiger partial charge in [0.05, 0.1) is 11.2 Å². The van der Waals surface area contributed by atoms with Crippen molar-refractivity contribution in [2.24, 2.45) is 5.41 Å². The molecule has 2 aliphatic carbocycles. The van der Waals surface area contributed by atoms with Gasteiger partial charge in [0.2, 0.25) is 0 Å². The number of benzene rings is 2. The van der Waals surface area contributed by atoms with Crippen molar-refractivity contribution >= 4 is 28.4 Å². The lowest BCUT2D eigenvalue weighted by atomic mass is 9.70. The molecule has 1 unspecified atom stereocenters. The molecule has 1 N–H and O–H groups in total. The molecule has 3 aromatic rings. The summed E-state index contributed by atoms with van der Waals surface area (Å²) < 4.78 is 0. The largest absolute Gasteiger partial charge is 0.355 e. The van der Waals surface area contributed by atoms with E-state index in [1.807, 2.05) is 0 Å². The van der Waals surface area contributed by atoms with Gasteiger partial charge in [-0.3, -0.25) is 0 Å². The van der Waals surface area contributed by atoms with E-state index in [-0.39, 0.29) is 11.0 Å². The molecule has 0 bridgehead atoms. The molecule has 0 saturated carbocycles. The molecule has 0 saturated heterocycles. The predicted molar refractivity (Wildman–Crippen MR) is 126 cm³/mol. The van der Waals surface area contributed by atoms with E-state index in [9.17, 15) is 0 Å². The summed E-state index contributed by atoms with van der Waals surface area (Å²) in [7, 11) is 0. The van der Waals surface area contributed by atoms with Crippen molar-refractivity contribution in [3.05, 3.63) is 89.7 Å². The molecule has 2 atom stereocenters. The number of aryl methyl sites for hydroxylation is 1. The maximum absolute atomic E-state index is 3.70. The number of aromatic amines is 1. The smallest absolute Gasteiger partial charge is 0.0732 e. The van der Waals surface area contributed by atoms with Crippen LogP contribution in [0.3, 0.4) is 0 Å². The molecule has 3 heterocycles. The molecule has 2 aliphatic heterocycles. The quantitative estimate of drug-likeness (QED) is 0.446. The van der Waals surface area contributed by atoms with Gasteiger partial charge in [0, 0.05) is 38.8 Å². The number of allylic oxidation sites excluding steroid dienone is 3. The third-order valence-electron chi connectivity index (χ3n) is 7.84. The zero-order chi connectivity index (χ0) is 20.1. The van der Waals surface area contributed by atoms with Gasteiger partial charge < -0.3 is 9.88 Å². The summed E-state index contributed by atoms with van der Waals surface area (Å²) in [6.45, 7) is 4.73. The van der Waals surface area contributed by atoms with Crippen LogP contribution in [-0.2, 0) is 6.42 Å². The number of fused-ring (bicyclic) bond motifs is 11. The first-order chi connectivity index (χ1) is 14.6. The first kappa shape index (κ1) is 16.5. The van der Waals surface area contributed by atoms with E-state index < -0.39 is 0 Å². The Morgan fingerprint density at radius 1 is 0.967 bits per heavy atom. The highest BCUT2D eigenvalue weighted by atomic mass is 15.3. The van der Waals surface area contributed by atoms with Gasteiger partial charge in [0.25, 0.3) is 0 Å². The fraction of sp³-hybridized carbons (Fsp3) is 0.214. The summed E-state index contributed by atoms with van der Waals surface area (Å²) in [4.78, 5) is 6.28. The average molecular weight is 389 g/mol. The number of H-pyrrole nitrogens is 1. The predicted octanol–water partition coefficient (Wildman–Crippen LogP) is 6.86. The van der Waals surface area contributed by atoms with Crippen molar-refractivity contribution in [3.63, 3.8) is 0 Å². The minimum atomic E-state index is -0.126. The maximum Gasteiger partial charge on any atom is 0.0732 e. The van der Waals surface area contributed by atoms with Crippen molar-refractivity contribution in [1.82, 2.24) is 4.98 Å². The third-order valence-corrected chi connectivity index (χ3v) is 7.84. The van der Waals surface area contributed by atoms with Crippen LogP contribution < -0.4 is 4.90 Å². The normalized spacial score (nSPS) is 27.4. The minimum absolute atomic E-state index is 0.0432. The van der Waals surface area contributed by atoms with Crippen molar-refractivity contribution in [1.29, 1.82) is 0 Å². The van der Waals surface area contributed by atoms with Crippen molar-refractivity contribution < 1.29 is 0 Å². The Morgan fingerprint density at radius 2 is 1.80 bits per heavy atom. The van der Waals surface area contributed by atoms with Crippen LogP contribution in [0.15, 0.2) is 72.9 Å². The number of rotatable bonds is 0. The molecule has 7 rings (SSSR count). The molecule has 2 nitrogen and oxygen atoms in total. The minimum Gasteiger partial charge on any atom is -0.355 e. The molecular weight excluding hydrogens is 364 g/mol. The van der Waals surface area contributed by atoms with E-state index in [1.54, 1.807) is 0 Å². The van der Waals surface area contributed by atoms with Gasteiger partial charge in [-0.25, -0.2) is 0 Å². The van der Waals surface area contributed by atoms with Crippen molar-refractivity contribution in [3.8, 4) is 11.1 Å². The van der Waals surface area contributed by atoms with Crippen LogP contribution >= 0.6 is 0 Å². The second-order valence-corrected chi connectivity index (χ2v) is 9.43. The van der Waals surface area contributed by atoms with Gasteiger partial charge in [-0.05, 0) is 62.1 Å². The van der Waals surface area contributed by atoms with E-state index in [1.165, 1.54) is 50.2 Å². The van der Waals surface area contributed by atoms with E-state index >= 15 is 0 Å². The second kappa shape index (κ2) is 5.26. The average Bonchev–Trinajstić information content (AvgIpc) is 3.24. The fourth-order valence-electron chi connectivity index (χ4n) is 6.02.